The van der Waals surface area contributed by atoms with E-state index < -0.39 is 89.8 Å². The van der Waals surface area contributed by atoms with Crippen LogP contribution < -0.4 is 0 Å². The number of aromatic carboxylic acids is 1. The first-order valence-electron chi connectivity index (χ1n) is 23.7. The molecule has 14 atom stereocenters. The summed E-state index contributed by atoms with van der Waals surface area (Å²) in [5.74, 6) is -9.79. The van der Waals surface area contributed by atoms with Gasteiger partial charge in [0, 0.05) is 57.5 Å². The number of amides is 1. The fraction of sp³-hybridized carbons (Fsp3) is 0.667. The van der Waals surface area contributed by atoms with Crippen molar-refractivity contribution in [1.82, 2.24) is 4.90 Å². The number of benzene rings is 1. The van der Waals surface area contributed by atoms with Crippen LogP contribution in [0.2, 0.25) is 0 Å². The molecule has 0 aromatic heterocycles. The molecule has 15 nitrogen and oxygen atoms in total. The first-order chi connectivity index (χ1) is 31.3. The number of carbonyl (C=O) groups is 5. The molecule has 1 saturated carbocycles. The number of esters is 1. The number of hydrogen-bond acceptors (Lipinski definition) is 13. The van der Waals surface area contributed by atoms with E-state index in [-0.39, 0.29) is 67.9 Å². The van der Waals surface area contributed by atoms with E-state index in [2.05, 4.69) is 0 Å². The number of carbonyl (C=O) groups excluding carboxylic acids is 4. The number of aliphatic hydroxyl groups excluding tert-OH is 3. The van der Waals surface area contributed by atoms with E-state index in [1.807, 2.05) is 38.2 Å². The second-order valence-corrected chi connectivity index (χ2v) is 19.5. The van der Waals surface area contributed by atoms with Crippen LogP contribution in [0.15, 0.2) is 53.6 Å². The normalized spacial score (nSPS) is 36.3. The minimum absolute atomic E-state index is 0.0477. The fourth-order valence-electron chi connectivity index (χ4n) is 10.4. The molecule has 2 bridgehead atoms. The molecule has 66 heavy (non-hydrogen) atoms. The van der Waals surface area contributed by atoms with E-state index in [4.69, 9.17) is 18.9 Å². The monoisotopic (exact) mass is 924 g/mol. The van der Waals surface area contributed by atoms with Crippen molar-refractivity contribution < 1.29 is 68.5 Å². The third-order valence-corrected chi connectivity index (χ3v) is 14.4. The lowest BCUT2D eigenvalue weighted by Gasteiger charge is -2.47. The van der Waals surface area contributed by atoms with Gasteiger partial charge < -0.3 is 49.4 Å². The predicted octanol–water partition coefficient (Wildman–Crippen LogP) is 5.46. The number of Topliss-reactive ketones (excluding diaryl/α,β-unsaturated/α-hetero) is 2. The molecule has 366 valence electrons. The fourth-order valence-corrected chi connectivity index (χ4v) is 10.4. The predicted molar refractivity (Wildman–Crippen MR) is 245 cm³/mol. The Morgan fingerprint density at radius 3 is 2.26 bits per heavy atom. The molecule has 1 amide bonds. The Labute approximate surface area is 389 Å². The number of fused-ring (bicyclic) bond motifs is 3. The van der Waals surface area contributed by atoms with Crippen molar-refractivity contribution in [3.8, 4) is 0 Å². The zero-order valence-electron chi connectivity index (χ0n) is 39.7. The van der Waals surface area contributed by atoms with Crippen LogP contribution in [0.5, 0.6) is 0 Å². The number of cyclic esters (lactones) is 1. The molecule has 1 aromatic rings. The highest BCUT2D eigenvalue weighted by molar-refractivity contribution is 6.39. The van der Waals surface area contributed by atoms with Gasteiger partial charge in [-0.2, -0.15) is 0 Å². The summed E-state index contributed by atoms with van der Waals surface area (Å²) in [6, 6.07) is 5.17. The highest BCUT2D eigenvalue weighted by Gasteiger charge is 2.56. The third-order valence-electron chi connectivity index (χ3n) is 14.4. The Hall–Kier alpha value is -4.09. The summed E-state index contributed by atoms with van der Waals surface area (Å²) < 4.78 is 24.4. The Balaban J connectivity index is 1.55. The van der Waals surface area contributed by atoms with Crippen LogP contribution in [0, 0.1) is 35.5 Å². The quantitative estimate of drug-likeness (QED) is 0.118. The van der Waals surface area contributed by atoms with Gasteiger partial charge in [0.25, 0.3) is 11.7 Å². The molecule has 2 saturated heterocycles. The molecule has 1 aromatic carbocycles. The van der Waals surface area contributed by atoms with Crippen molar-refractivity contribution >= 4 is 35.5 Å². The summed E-state index contributed by atoms with van der Waals surface area (Å²) >= 11 is 0. The zero-order chi connectivity index (χ0) is 48.5. The number of allylic oxidation sites excluding steroid dienone is 4. The molecule has 1 aliphatic carbocycles. The molecule has 4 aliphatic rings. The molecule has 3 aliphatic heterocycles. The van der Waals surface area contributed by atoms with Gasteiger partial charge in [-0.25, -0.2) is 9.59 Å². The number of methoxy groups -OCH3 is 2. The van der Waals surface area contributed by atoms with Crippen molar-refractivity contribution in [2.24, 2.45) is 35.5 Å². The summed E-state index contributed by atoms with van der Waals surface area (Å²) in [4.78, 5) is 70.1. The molecular weight excluding hydrogens is 851 g/mol. The molecule has 3 fully saturated rings. The SMILES string of the molecule is CO[C@H]1C[C@@H](C)CC(C)=C[C@@H](CC=Cc2ccc(C(=O)O)cc2)C(=O)C[C@H](O)[C@@H](C)[C@@H](C(C)=C[C@@H]2CC[C@@H](O)[C@H](CO)C2)OC(=O)C2CCCCN2C(=O)C(=O)[C@]2(O)O[C@H]1[C@@H](OC)C[C@H]2C. The maximum absolute atomic E-state index is 14.5. The van der Waals surface area contributed by atoms with Crippen molar-refractivity contribution in [2.45, 2.75) is 154 Å². The van der Waals surface area contributed by atoms with Crippen molar-refractivity contribution in [1.29, 1.82) is 0 Å². The lowest BCUT2D eigenvalue weighted by Crippen LogP contribution is -2.64. The second-order valence-electron chi connectivity index (χ2n) is 19.5. The van der Waals surface area contributed by atoms with Gasteiger partial charge in [0.1, 0.15) is 24.0 Å². The van der Waals surface area contributed by atoms with Gasteiger partial charge in [0.2, 0.25) is 5.79 Å². The van der Waals surface area contributed by atoms with Crippen LogP contribution in [0.3, 0.4) is 0 Å². The summed E-state index contributed by atoms with van der Waals surface area (Å²) in [6.07, 6.45) is 6.12. The van der Waals surface area contributed by atoms with Gasteiger partial charge in [-0.3, -0.25) is 14.4 Å². The van der Waals surface area contributed by atoms with Gasteiger partial charge in [-0.1, -0.05) is 62.8 Å². The molecule has 5 N–H and O–H groups in total. The van der Waals surface area contributed by atoms with Crippen LogP contribution in [0.4, 0.5) is 0 Å². The largest absolute Gasteiger partial charge is 0.478 e. The summed E-state index contributed by atoms with van der Waals surface area (Å²) in [5.41, 5.74) is 2.38. The lowest BCUT2D eigenvalue weighted by atomic mass is 9.78. The first-order valence-corrected chi connectivity index (χ1v) is 23.7. The van der Waals surface area contributed by atoms with E-state index >= 15 is 0 Å². The van der Waals surface area contributed by atoms with E-state index in [1.54, 1.807) is 32.9 Å². The number of aliphatic hydroxyl groups is 4. The lowest BCUT2D eigenvalue weighted by molar-refractivity contribution is -0.302. The highest BCUT2D eigenvalue weighted by Crippen LogP contribution is 2.39. The molecule has 0 spiro atoms. The average molecular weight is 924 g/mol. The van der Waals surface area contributed by atoms with E-state index in [0.29, 0.717) is 50.5 Å². The van der Waals surface area contributed by atoms with Gasteiger partial charge in [-0.15, -0.1) is 0 Å². The molecule has 1 unspecified atom stereocenters. The Kier molecular flexibility index (Phi) is 19.0. The Morgan fingerprint density at radius 2 is 1.61 bits per heavy atom. The van der Waals surface area contributed by atoms with E-state index in [9.17, 15) is 49.5 Å². The standard InChI is InChI=1S/C51H73NO14/c1-29-21-30(2)23-43(63-6)46-44(64-7)25-32(4)51(62,66-46)47(57)48(58)52-20-9-8-13-39(52)50(61)65-45(31(3)24-35-16-19-40(54)38(26-35)28-53)33(5)41(55)27-42(56)37(22-29)12-10-11-34-14-17-36(18-15-34)49(59)60/h10-11,14-15,17-18,22,24,30,32-33,35,37-41,43-46,53-55,62H,8-9,12-13,16,19-21,23,25-28H2,1-7H3,(H,59,60)/t30-,32+,33+,35-,37+,38-,39?,40+,41-,43-,44-,45+,46+,51+/m0/s1. The number of carboxylic acid groups (broad SMARTS) is 1. The highest BCUT2D eigenvalue weighted by atomic mass is 16.7. The van der Waals surface area contributed by atoms with Crippen LogP contribution in [0.1, 0.15) is 121 Å². The summed E-state index contributed by atoms with van der Waals surface area (Å²) in [6.45, 7) is 8.87. The number of hydrogen-bond donors (Lipinski definition) is 5. The topological polar surface area (TPSA) is 227 Å². The average Bonchev–Trinajstić information content (AvgIpc) is 3.29. The maximum Gasteiger partial charge on any atom is 0.335 e. The van der Waals surface area contributed by atoms with Crippen LogP contribution in [-0.2, 0) is 38.1 Å². The van der Waals surface area contributed by atoms with Crippen LogP contribution >= 0.6 is 0 Å². The second kappa shape index (κ2) is 23.8. The minimum Gasteiger partial charge on any atom is -0.478 e. The summed E-state index contributed by atoms with van der Waals surface area (Å²) in [5, 5.41) is 53.9. The minimum atomic E-state index is -2.56. The van der Waals surface area contributed by atoms with Gasteiger partial charge >= 0.3 is 11.9 Å². The first kappa shape index (κ1) is 52.9. The molecule has 5 rings (SSSR count). The number of rotatable bonds is 9. The molecule has 3 heterocycles. The molecular formula is C51H73NO14. The number of ether oxygens (including phenoxy) is 4. The maximum atomic E-state index is 14.5. The Bertz CT molecular complexity index is 1940. The van der Waals surface area contributed by atoms with Crippen molar-refractivity contribution in [2.75, 3.05) is 27.4 Å². The summed E-state index contributed by atoms with van der Waals surface area (Å²) in [7, 11) is 3.01. The van der Waals surface area contributed by atoms with Gasteiger partial charge in [0.05, 0.1) is 30.0 Å². The zero-order valence-corrected chi connectivity index (χ0v) is 39.7. The molecule has 0 radical (unpaired) electrons. The van der Waals surface area contributed by atoms with Crippen molar-refractivity contribution in [3.05, 3.63) is 64.8 Å². The number of piperidine rings is 1. The van der Waals surface area contributed by atoms with E-state index in [0.717, 1.165) is 16.0 Å². The van der Waals surface area contributed by atoms with Crippen LogP contribution in [0.25, 0.3) is 6.08 Å². The number of nitrogens with zero attached hydrogens (tertiary/aromatic N) is 1. The van der Waals surface area contributed by atoms with Gasteiger partial charge in [-0.05, 0) is 113 Å². The smallest absolute Gasteiger partial charge is 0.335 e. The van der Waals surface area contributed by atoms with Gasteiger partial charge in [0.15, 0.2) is 0 Å². The van der Waals surface area contributed by atoms with Crippen molar-refractivity contribution in [3.63, 3.8) is 0 Å². The third kappa shape index (κ3) is 12.9. The number of carboxylic acids is 1. The molecule has 15 heteroatoms. The van der Waals surface area contributed by atoms with E-state index in [1.165, 1.54) is 26.4 Å². The number of ketones is 2. The van der Waals surface area contributed by atoms with Crippen LogP contribution in [-0.4, -0.2) is 136 Å². The Morgan fingerprint density at radius 1 is 0.924 bits per heavy atom.